The standard InChI is InChI=1S/C13H18BrFN2/c1-10(17-6-4-16-5-7-17)8-11-2-3-13(15)12(14)9-11/h2-3,9-10,16H,4-8H2,1H3. The predicted molar refractivity (Wildman–Crippen MR) is 71.7 cm³/mol. The monoisotopic (exact) mass is 300 g/mol. The van der Waals surface area contributed by atoms with Gasteiger partial charge in [-0.05, 0) is 47.0 Å². The average Bonchev–Trinajstić information content (AvgIpc) is 2.35. The summed E-state index contributed by atoms with van der Waals surface area (Å²) in [6.07, 6.45) is 0.971. The number of rotatable bonds is 3. The zero-order valence-corrected chi connectivity index (χ0v) is 11.6. The Hall–Kier alpha value is -0.450. The van der Waals surface area contributed by atoms with Crippen LogP contribution in [-0.2, 0) is 6.42 Å². The van der Waals surface area contributed by atoms with E-state index in [1.165, 1.54) is 11.6 Å². The van der Waals surface area contributed by atoms with E-state index in [4.69, 9.17) is 0 Å². The van der Waals surface area contributed by atoms with Crippen molar-refractivity contribution < 1.29 is 4.39 Å². The molecule has 1 fully saturated rings. The quantitative estimate of drug-likeness (QED) is 0.922. The fraction of sp³-hybridized carbons (Fsp3) is 0.538. The van der Waals surface area contributed by atoms with E-state index in [2.05, 4.69) is 33.1 Å². The second-order valence-corrected chi connectivity index (χ2v) is 5.44. The van der Waals surface area contributed by atoms with Crippen LogP contribution in [0.1, 0.15) is 12.5 Å². The summed E-state index contributed by atoms with van der Waals surface area (Å²) >= 11 is 3.23. The van der Waals surface area contributed by atoms with Crippen LogP contribution in [0.2, 0.25) is 0 Å². The molecule has 0 aromatic heterocycles. The number of nitrogens with zero attached hydrogens (tertiary/aromatic N) is 1. The van der Waals surface area contributed by atoms with Crippen LogP contribution in [0, 0.1) is 5.82 Å². The number of hydrogen-bond acceptors (Lipinski definition) is 2. The van der Waals surface area contributed by atoms with E-state index < -0.39 is 0 Å². The Bertz CT molecular complexity index is 378. The number of hydrogen-bond donors (Lipinski definition) is 1. The maximum absolute atomic E-state index is 13.1. The molecule has 1 saturated heterocycles. The van der Waals surface area contributed by atoms with Gasteiger partial charge in [0, 0.05) is 32.2 Å². The summed E-state index contributed by atoms with van der Waals surface area (Å²) in [5, 5.41) is 3.35. The predicted octanol–water partition coefficient (Wildman–Crippen LogP) is 2.42. The molecule has 0 amide bonds. The third-order valence-corrected chi connectivity index (χ3v) is 3.90. The number of halogens is 2. The maximum Gasteiger partial charge on any atom is 0.137 e. The van der Waals surface area contributed by atoms with Gasteiger partial charge in [0.1, 0.15) is 5.82 Å². The third-order valence-electron chi connectivity index (χ3n) is 3.29. The van der Waals surface area contributed by atoms with Crippen LogP contribution in [0.4, 0.5) is 4.39 Å². The molecule has 17 heavy (non-hydrogen) atoms. The molecule has 0 saturated carbocycles. The highest BCUT2D eigenvalue weighted by Gasteiger charge is 2.16. The minimum absolute atomic E-state index is 0.191. The highest BCUT2D eigenvalue weighted by atomic mass is 79.9. The van der Waals surface area contributed by atoms with E-state index in [0.717, 1.165) is 32.6 Å². The van der Waals surface area contributed by atoms with Crippen molar-refractivity contribution in [3.63, 3.8) is 0 Å². The molecule has 0 bridgehead atoms. The smallest absolute Gasteiger partial charge is 0.137 e. The lowest BCUT2D eigenvalue weighted by molar-refractivity contribution is 0.183. The van der Waals surface area contributed by atoms with Gasteiger partial charge in [-0.2, -0.15) is 0 Å². The van der Waals surface area contributed by atoms with Gasteiger partial charge in [-0.15, -0.1) is 0 Å². The molecule has 4 heteroatoms. The van der Waals surface area contributed by atoms with Crippen LogP contribution in [-0.4, -0.2) is 37.1 Å². The summed E-state index contributed by atoms with van der Waals surface area (Å²) in [6.45, 7) is 6.57. The van der Waals surface area contributed by atoms with E-state index in [9.17, 15) is 4.39 Å². The first-order chi connectivity index (χ1) is 8.16. The SMILES string of the molecule is CC(Cc1ccc(F)c(Br)c1)N1CCNCC1. The Balaban J connectivity index is 1.96. The minimum atomic E-state index is -0.191. The Morgan fingerprint density at radius 2 is 2.12 bits per heavy atom. The summed E-state index contributed by atoms with van der Waals surface area (Å²) in [4.78, 5) is 2.48. The topological polar surface area (TPSA) is 15.3 Å². The Kier molecular flexibility index (Phi) is 4.54. The molecule has 1 aromatic rings. The molecule has 1 unspecified atom stereocenters. The van der Waals surface area contributed by atoms with Crippen molar-refractivity contribution in [3.8, 4) is 0 Å². The van der Waals surface area contributed by atoms with Gasteiger partial charge in [-0.25, -0.2) is 4.39 Å². The van der Waals surface area contributed by atoms with E-state index in [1.54, 1.807) is 0 Å². The summed E-state index contributed by atoms with van der Waals surface area (Å²) < 4.78 is 13.7. The van der Waals surface area contributed by atoms with Crippen LogP contribution < -0.4 is 5.32 Å². The largest absolute Gasteiger partial charge is 0.314 e. The molecular formula is C13H18BrFN2. The zero-order valence-electron chi connectivity index (χ0n) is 10.0. The lowest BCUT2D eigenvalue weighted by Gasteiger charge is -2.32. The first-order valence-corrected chi connectivity index (χ1v) is 6.85. The van der Waals surface area contributed by atoms with Crippen molar-refractivity contribution in [1.82, 2.24) is 10.2 Å². The molecule has 1 aromatic carbocycles. The lowest BCUT2D eigenvalue weighted by atomic mass is 10.1. The van der Waals surface area contributed by atoms with Crippen molar-refractivity contribution in [3.05, 3.63) is 34.1 Å². The highest BCUT2D eigenvalue weighted by molar-refractivity contribution is 9.10. The lowest BCUT2D eigenvalue weighted by Crippen LogP contribution is -2.48. The summed E-state index contributed by atoms with van der Waals surface area (Å²) in [6, 6.07) is 5.80. The first-order valence-electron chi connectivity index (χ1n) is 6.05. The normalized spacial score (nSPS) is 19.2. The molecular weight excluding hydrogens is 283 g/mol. The van der Waals surface area contributed by atoms with Gasteiger partial charge >= 0.3 is 0 Å². The first kappa shape index (κ1) is 13.0. The van der Waals surface area contributed by atoms with Crippen molar-refractivity contribution >= 4 is 15.9 Å². The number of piperazine rings is 1. The molecule has 2 nitrogen and oxygen atoms in total. The van der Waals surface area contributed by atoms with E-state index in [-0.39, 0.29) is 5.82 Å². The van der Waals surface area contributed by atoms with Gasteiger partial charge in [0.2, 0.25) is 0 Å². The molecule has 1 heterocycles. The minimum Gasteiger partial charge on any atom is -0.314 e. The molecule has 0 spiro atoms. The van der Waals surface area contributed by atoms with Gasteiger partial charge in [-0.1, -0.05) is 6.07 Å². The molecule has 94 valence electrons. The van der Waals surface area contributed by atoms with Gasteiger partial charge in [-0.3, -0.25) is 4.90 Å². The van der Waals surface area contributed by atoms with E-state index in [1.807, 2.05) is 12.1 Å². The number of benzene rings is 1. The zero-order chi connectivity index (χ0) is 12.3. The van der Waals surface area contributed by atoms with Crippen LogP contribution >= 0.6 is 15.9 Å². The maximum atomic E-state index is 13.1. The molecule has 1 aliphatic rings. The Labute approximate surface area is 110 Å². The van der Waals surface area contributed by atoms with Crippen molar-refractivity contribution in [2.24, 2.45) is 0 Å². The van der Waals surface area contributed by atoms with Crippen molar-refractivity contribution in [2.75, 3.05) is 26.2 Å². The summed E-state index contributed by atoms with van der Waals surface area (Å²) in [5.41, 5.74) is 1.18. The molecule has 1 atom stereocenters. The second-order valence-electron chi connectivity index (χ2n) is 4.59. The van der Waals surface area contributed by atoms with Crippen LogP contribution in [0.15, 0.2) is 22.7 Å². The van der Waals surface area contributed by atoms with Gasteiger partial charge < -0.3 is 5.32 Å². The summed E-state index contributed by atoms with van der Waals surface area (Å²) in [5.74, 6) is -0.191. The van der Waals surface area contributed by atoms with Gasteiger partial charge in [0.15, 0.2) is 0 Å². The van der Waals surface area contributed by atoms with Crippen molar-refractivity contribution in [1.29, 1.82) is 0 Å². The van der Waals surface area contributed by atoms with Crippen LogP contribution in [0.3, 0.4) is 0 Å². The van der Waals surface area contributed by atoms with Gasteiger partial charge in [0.05, 0.1) is 4.47 Å². The average molecular weight is 301 g/mol. The molecule has 1 N–H and O–H groups in total. The fourth-order valence-corrected chi connectivity index (χ4v) is 2.69. The summed E-state index contributed by atoms with van der Waals surface area (Å²) in [7, 11) is 0. The van der Waals surface area contributed by atoms with Crippen molar-refractivity contribution in [2.45, 2.75) is 19.4 Å². The molecule has 1 aliphatic heterocycles. The van der Waals surface area contributed by atoms with Gasteiger partial charge in [0.25, 0.3) is 0 Å². The molecule has 0 aliphatic carbocycles. The van der Waals surface area contributed by atoms with E-state index >= 15 is 0 Å². The molecule has 0 radical (unpaired) electrons. The third kappa shape index (κ3) is 3.50. The fourth-order valence-electron chi connectivity index (χ4n) is 2.26. The Morgan fingerprint density at radius 1 is 1.41 bits per heavy atom. The van der Waals surface area contributed by atoms with Crippen LogP contribution in [0.25, 0.3) is 0 Å². The second kappa shape index (κ2) is 5.94. The van der Waals surface area contributed by atoms with E-state index in [0.29, 0.717) is 10.5 Å². The molecule has 2 rings (SSSR count). The van der Waals surface area contributed by atoms with Crippen LogP contribution in [0.5, 0.6) is 0 Å². The Morgan fingerprint density at radius 3 is 2.76 bits per heavy atom. The highest BCUT2D eigenvalue weighted by Crippen LogP contribution is 2.18. The number of nitrogens with one attached hydrogen (secondary N) is 1.